The minimum absolute atomic E-state index is 0.247. The normalized spacial score (nSPS) is 11.7. The second-order valence-electron chi connectivity index (χ2n) is 4.79. The van der Waals surface area contributed by atoms with Gasteiger partial charge in [0.2, 0.25) is 0 Å². The third-order valence-electron chi connectivity index (χ3n) is 3.07. The van der Waals surface area contributed by atoms with Crippen LogP contribution in [0.15, 0.2) is 48.8 Å². The molecule has 0 saturated heterocycles. The van der Waals surface area contributed by atoms with Gasteiger partial charge >= 0.3 is 6.03 Å². The SMILES string of the molecule is CC(O)c1ccc(NC(=O)NCCc2cccnc2)cc1. The molecular weight excluding hydrogens is 266 g/mol. The van der Waals surface area contributed by atoms with Gasteiger partial charge in [0.05, 0.1) is 6.10 Å². The van der Waals surface area contributed by atoms with Crippen molar-refractivity contribution < 1.29 is 9.90 Å². The van der Waals surface area contributed by atoms with Crippen LogP contribution in [0.1, 0.15) is 24.2 Å². The van der Waals surface area contributed by atoms with Crippen LogP contribution in [0.5, 0.6) is 0 Å². The number of benzene rings is 1. The number of carbonyl (C=O) groups excluding carboxylic acids is 1. The van der Waals surface area contributed by atoms with Crippen LogP contribution in [-0.4, -0.2) is 22.7 Å². The van der Waals surface area contributed by atoms with Crippen molar-refractivity contribution in [3.8, 4) is 0 Å². The third-order valence-corrected chi connectivity index (χ3v) is 3.07. The maximum absolute atomic E-state index is 11.7. The van der Waals surface area contributed by atoms with E-state index in [-0.39, 0.29) is 6.03 Å². The molecule has 110 valence electrons. The Morgan fingerprint density at radius 1 is 1.29 bits per heavy atom. The van der Waals surface area contributed by atoms with Crippen molar-refractivity contribution in [2.75, 3.05) is 11.9 Å². The minimum Gasteiger partial charge on any atom is -0.389 e. The van der Waals surface area contributed by atoms with Crippen molar-refractivity contribution in [1.29, 1.82) is 0 Å². The predicted molar refractivity (Wildman–Crippen MR) is 82.0 cm³/mol. The Bertz CT molecular complexity index is 568. The van der Waals surface area contributed by atoms with Crippen molar-refractivity contribution in [2.24, 2.45) is 0 Å². The maximum Gasteiger partial charge on any atom is 0.319 e. The molecule has 0 aliphatic carbocycles. The monoisotopic (exact) mass is 285 g/mol. The zero-order chi connectivity index (χ0) is 15.1. The summed E-state index contributed by atoms with van der Waals surface area (Å²) in [6.45, 7) is 2.25. The molecule has 2 aromatic rings. The number of pyridine rings is 1. The number of rotatable bonds is 5. The zero-order valence-corrected chi connectivity index (χ0v) is 11.9. The molecule has 0 saturated carbocycles. The Hall–Kier alpha value is -2.40. The lowest BCUT2D eigenvalue weighted by atomic mass is 10.1. The quantitative estimate of drug-likeness (QED) is 0.790. The van der Waals surface area contributed by atoms with Crippen LogP contribution < -0.4 is 10.6 Å². The molecule has 0 bridgehead atoms. The highest BCUT2D eigenvalue weighted by Gasteiger charge is 2.03. The summed E-state index contributed by atoms with van der Waals surface area (Å²) in [5, 5.41) is 15.0. The predicted octanol–water partition coefficient (Wildman–Crippen LogP) is 2.50. The lowest BCUT2D eigenvalue weighted by Crippen LogP contribution is -2.30. The fraction of sp³-hybridized carbons (Fsp3) is 0.250. The van der Waals surface area contributed by atoms with E-state index in [1.165, 1.54) is 0 Å². The van der Waals surface area contributed by atoms with E-state index in [4.69, 9.17) is 0 Å². The standard InChI is InChI=1S/C16H19N3O2/c1-12(20)14-4-6-15(7-5-14)19-16(21)18-10-8-13-3-2-9-17-11-13/h2-7,9,11-12,20H,8,10H2,1H3,(H2,18,19,21). The highest BCUT2D eigenvalue weighted by molar-refractivity contribution is 5.89. The largest absolute Gasteiger partial charge is 0.389 e. The van der Waals surface area contributed by atoms with Crippen LogP contribution in [0.25, 0.3) is 0 Å². The van der Waals surface area contributed by atoms with E-state index < -0.39 is 6.10 Å². The van der Waals surface area contributed by atoms with Gasteiger partial charge in [-0.3, -0.25) is 4.98 Å². The smallest absolute Gasteiger partial charge is 0.319 e. The Balaban J connectivity index is 1.76. The highest BCUT2D eigenvalue weighted by Crippen LogP contribution is 2.15. The van der Waals surface area contributed by atoms with Crippen LogP contribution in [0, 0.1) is 0 Å². The van der Waals surface area contributed by atoms with Crippen molar-refractivity contribution in [1.82, 2.24) is 10.3 Å². The van der Waals surface area contributed by atoms with Crippen molar-refractivity contribution in [3.63, 3.8) is 0 Å². The van der Waals surface area contributed by atoms with E-state index >= 15 is 0 Å². The summed E-state index contributed by atoms with van der Waals surface area (Å²) in [5.41, 5.74) is 2.59. The topological polar surface area (TPSA) is 74.2 Å². The third kappa shape index (κ3) is 4.89. The number of nitrogens with zero attached hydrogens (tertiary/aromatic N) is 1. The molecule has 0 fully saturated rings. The summed E-state index contributed by atoms with van der Waals surface area (Å²) in [5.74, 6) is 0. The fourth-order valence-corrected chi connectivity index (χ4v) is 1.89. The molecule has 2 rings (SSSR count). The summed E-state index contributed by atoms with van der Waals surface area (Å²) in [4.78, 5) is 15.8. The first kappa shape index (κ1) is 15.0. The van der Waals surface area contributed by atoms with Gasteiger partial charge in [-0.25, -0.2) is 4.79 Å². The molecule has 21 heavy (non-hydrogen) atoms. The van der Waals surface area contributed by atoms with Gasteiger partial charge in [-0.15, -0.1) is 0 Å². The number of urea groups is 1. The number of aromatic nitrogens is 1. The molecule has 5 heteroatoms. The first-order chi connectivity index (χ1) is 10.1. The summed E-state index contributed by atoms with van der Waals surface area (Å²) in [6.07, 6.45) is 3.74. The van der Waals surface area contributed by atoms with Crippen molar-refractivity contribution in [2.45, 2.75) is 19.4 Å². The molecule has 0 radical (unpaired) electrons. The fourth-order valence-electron chi connectivity index (χ4n) is 1.89. The van der Waals surface area contributed by atoms with Gasteiger partial charge in [0.1, 0.15) is 0 Å². The van der Waals surface area contributed by atoms with Gasteiger partial charge in [-0.2, -0.15) is 0 Å². The van der Waals surface area contributed by atoms with Crippen molar-refractivity contribution in [3.05, 3.63) is 59.9 Å². The Labute approximate surface area is 124 Å². The molecule has 5 nitrogen and oxygen atoms in total. The van der Waals surface area contributed by atoms with E-state index in [9.17, 15) is 9.90 Å². The van der Waals surface area contributed by atoms with E-state index in [0.717, 1.165) is 17.5 Å². The number of aliphatic hydroxyl groups excluding tert-OH is 1. The first-order valence-electron chi connectivity index (χ1n) is 6.87. The number of aliphatic hydroxyl groups is 1. The molecule has 1 aromatic carbocycles. The Kier molecular flexibility index (Phi) is 5.29. The Morgan fingerprint density at radius 2 is 2.05 bits per heavy atom. The molecule has 1 heterocycles. The highest BCUT2D eigenvalue weighted by atomic mass is 16.3. The van der Waals surface area contributed by atoms with Gasteiger partial charge < -0.3 is 15.7 Å². The van der Waals surface area contributed by atoms with Gasteiger partial charge in [0.25, 0.3) is 0 Å². The maximum atomic E-state index is 11.7. The van der Waals surface area contributed by atoms with E-state index in [1.54, 1.807) is 43.6 Å². The van der Waals surface area contributed by atoms with E-state index in [2.05, 4.69) is 15.6 Å². The Morgan fingerprint density at radius 3 is 2.67 bits per heavy atom. The van der Waals surface area contributed by atoms with Crippen LogP contribution in [0.4, 0.5) is 10.5 Å². The van der Waals surface area contributed by atoms with Crippen LogP contribution in [0.3, 0.4) is 0 Å². The number of anilines is 1. The average molecular weight is 285 g/mol. The number of amides is 2. The number of hydrogen-bond acceptors (Lipinski definition) is 3. The summed E-state index contributed by atoms with van der Waals surface area (Å²) < 4.78 is 0. The van der Waals surface area contributed by atoms with Crippen LogP contribution in [-0.2, 0) is 6.42 Å². The summed E-state index contributed by atoms with van der Waals surface area (Å²) in [7, 11) is 0. The minimum atomic E-state index is -0.507. The summed E-state index contributed by atoms with van der Waals surface area (Å²) in [6, 6.07) is 10.7. The summed E-state index contributed by atoms with van der Waals surface area (Å²) >= 11 is 0. The zero-order valence-electron chi connectivity index (χ0n) is 11.9. The van der Waals surface area contributed by atoms with E-state index in [0.29, 0.717) is 12.2 Å². The molecule has 1 aromatic heterocycles. The first-order valence-corrected chi connectivity index (χ1v) is 6.87. The molecule has 2 amide bonds. The van der Waals surface area contributed by atoms with Crippen molar-refractivity contribution >= 4 is 11.7 Å². The lowest BCUT2D eigenvalue weighted by Gasteiger charge is -2.09. The molecule has 0 spiro atoms. The van der Waals surface area contributed by atoms with Gasteiger partial charge in [-0.05, 0) is 42.7 Å². The number of nitrogens with one attached hydrogen (secondary N) is 2. The molecule has 0 aliphatic heterocycles. The molecule has 1 unspecified atom stereocenters. The van der Waals surface area contributed by atoms with Gasteiger partial charge in [0, 0.05) is 24.6 Å². The van der Waals surface area contributed by atoms with E-state index in [1.807, 2.05) is 12.1 Å². The molecular formula is C16H19N3O2. The molecule has 0 aliphatic rings. The van der Waals surface area contributed by atoms with Gasteiger partial charge in [0.15, 0.2) is 0 Å². The second kappa shape index (κ2) is 7.40. The number of carbonyl (C=O) groups is 1. The molecule has 3 N–H and O–H groups in total. The van der Waals surface area contributed by atoms with Gasteiger partial charge in [-0.1, -0.05) is 18.2 Å². The molecule has 1 atom stereocenters. The van der Waals surface area contributed by atoms with Crippen LogP contribution in [0.2, 0.25) is 0 Å². The number of hydrogen-bond donors (Lipinski definition) is 3. The lowest BCUT2D eigenvalue weighted by molar-refractivity contribution is 0.199. The average Bonchev–Trinajstić information content (AvgIpc) is 2.49. The second-order valence-corrected chi connectivity index (χ2v) is 4.79. The van der Waals surface area contributed by atoms with Crippen LogP contribution >= 0.6 is 0 Å².